The maximum Gasteiger partial charge on any atom is 0.165 e. The molecule has 1 aromatic rings. The summed E-state index contributed by atoms with van der Waals surface area (Å²) in [6.45, 7) is 6.83. The molecular weight excluding hydrogens is 262 g/mol. The van der Waals surface area contributed by atoms with E-state index in [9.17, 15) is 0 Å². The topological polar surface area (TPSA) is 30.5 Å². The van der Waals surface area contributed by atoms with Gasteiger partial charge >= 0.3 is 0 Å². The Bertz CT molecular complexity index is 526. The van der Waals surface area contributed by atoms with Gasteiger partial charge in [-0.05, 0) is 36.9 Å². The van der Waals surface area contributed by atoms with Crippen LogP contribution in [0.2, 0.25) is 0 Å². The van der Waals surface area contributed by atoms with Crippen LogP contribution in [-0.2, 0) is 0 Å². The van der Waals surface area contributed by atoms with Crippen molar-refractivity contribution in [2.75, 3.05) is 14.2 Å². The van der Waals surface area contributed by atoms with Crippen molar-refractivity contribution in [2.24, 2.45) is 11.8 Å². The monoisotopic (exact) mass is 289 g/mol. The molecule has 3 nitrogen and oxygen atoms in total. The van der Waals surface area contributed by atoms with Gasteiger partial charge in [0.05, 0.1) is 7.11 Å². The van der Waals surface area contributed by atoms with Gasteiger partial charge in [-0.3, -0.25) is 0 Å². The zero-order valence-corrected chi connectivity index (χ0v) is 13.8. The first-order valence-corrected chi connectivity index (χ1v) is 8.17. The van der Waals surface area contributed by atoms with Crippen LogP contribution in [0.1, 0.15) is 56.7 Å². The molecule has 1 aliphatic carbocycles. The molecule has 0 amide bonds. The van der Waals surface area contributed by atoms with E-state index in [0.717, 1.165) is 11.5 Å². The molecule has 2 aliphatic rings. The van der Waals surface area contributed by atoms with Crippen LogP contribution in [0.25, 0.3) is 0 Å². The lowest BCUT2D eigenvalue weighted by Crippen LogP contribution is -2.35. The average Bonchev–Trinajstić information content (AvgIpc) is 2.90. The fraction of sp³-hybridized carbons (Fsp3) is 0.667. The number of hydrogen-bond acceptors (Lipinski definition) is 3. The lowest BCUT2D eigenvalue weighted by atomic mass is 9.69. The quantitative estimate of drug-likeness (QED) is 0.912. The van der Waals surface area contributed by atoms with Gasteiger partial charge in [-0.15, -0.1) is 0 Å². The number of ether oxygens (including phenoxy) is 2. The highest BCUT2D eigenvalue weighted by Gasteiger charge is 2.47. The Hall–Kier alpha value is -1.22. The van der Waals surface area contributed by atoms with Crippen LogP contribution < -0.4 is 14.8 Å². The van der Waals surface area contributed by atoms with Gasteiger partial charge in [0.1, 0.15) is 6.10 Å². The molecule has 1 N–H and O–H groups in total. The predicted octanol–water partition coefficient (Wildman–Crippen LogP) is 3.89. The summed E-state index contributed by atoms with van der Waals surface area (Å²) in [5, 5.41) is 3.49. The van der Waals surface area contributed by atoms with Gasteiger partial charge in [0.25, 0.3) is 0 Å². The largest absolute Gasteiger partial charge is 0.493 e. The van der Waals surface area contributed by atoms with Gasteiger partial charge in [-0.25, -0.2) is 0 Å². The number of benzene rings is 1. The SMILES string of the molecule is CCC1CC(NC)c2ccc(OC)c3c2C1C(C(C)C)O3. The summed E-state index contributed by atoms with van der Waals surface area (Å²) in [4.78, 5) is 0. The minimum Gasteiger partial charge on any atom is -0.493 e. The summed E-state index contributed by atoms with van der Waals surface area (Å²) in [6, 6.07) is 4.72. The predicted molar refractivity (Wildman–Crippen MR) is 85.2 cm³/mol. The fourth-order valence-corrected chi connectivity index (χ4v) is 4.22. The molecule has 3 rings (SSSR count). The van der Waals surface area contributed by atoms with Crippen molar-refractivity contribution in [1.82, 2.24) is 5.32 Å². The minimum absolute atomic E-state index is 0.276. The molecule has 0 saturated heterocycles. The van der Waals surface area contributed by atoms with Crippen molar-refractivity contribution in [1.29, 1.82) is 0 Å². The average molecular weight is 289 g/mol. The molecule has 0 fully saturated rings. The number of hydrogen-bond donors (Lipinski definition) is 1. The summed E-state index contributed by atoms with van der Waals surface area (Å²) >= 11 is 0. The Labute approximate surface area is 128 Å². The Morgan fingerprint density at radius 2 is 2.14 bits per heavy atom. The van der Waals surface area contributed by atoms with Crippen molar-refractivity contribution in [2.45, 2.75) is 51.7 Å². The van der Waals surface area contributed by atoms with Crippen LogP contribution in [0.5, 0.6) is 11.5 Å². The van der Waals surface area contributed by atoms with Gasteiger partial charge in [-0.2, -0.15) is 0 Å². The lowest BCUT2D eigenvalue weighted by molar-refractivity contribution is 0.115. The van der Waals surface area contributed by atoms with Crippen molar-refractivity contribution < 1.29 is 9.47 Å². The van der Waals surface area contributed by atoms with Gasteiger partial charge in [0, 0.05) is 17.5 Å². The summed E-state index contributed by atoms with van der Waals surface area (Å²) in [7, 11) is 3.79. The van der Waals surface area contributed by atoms with Crippen LogP contribution >= 0.6 is 0 Å². The van der Waals surface area contributed by atoms with Crippen LogP contribution in [0.3, 0.4) is 0 Å². The van der Waals surface area contributed by atoms with Gasteiger partial charge in [0.15, 0.2) is 11.5 Å². The highest BCUT2D eigenvalue weighted by atomic mass is 16.5. The zero-order valence-electron chi connectivity index (χ0n) is 13.8. The van der Waals surface area contributed by atoms with E-state index < -0.39 is 0 Å². The summed E-state index contributed by atoms with van der Waals surface area (Å²) < 4.78 is 11.9. The molecule has 1 aromatic carbocycles. The molecule has 1 aliphatic heterocycles. The van der Waals surface area contributed by atoms with E-state index in [1.54, 1.807) is 7.11 Å². The van der Waals surface area contributed by atoms with E-state index in [2.05, 4.69) is 45.3 Å². The molecule has 1 heterocycles. The van der Waals surface area contributed by atoms with Gasteiger partial charge in [-0.1, -0.05) is 33.3 Å². The molecule has 0 aromatic heterocycles. The van der Waals surface area contributed by atoms with Crippen LogP contribution in [-0.4, -0.2) is 20.3 Å². The number of rotatable bonds is 4. The second-order valence-corrected chi connectivity index (χ2v) is 6.70. The highest BCUT2D eigenvalue weighted by molar-refractivity contribution is 5.57. The van der Waals surface area contributed by atoms with E-state index in [-0.39, 0.29) is 6.10 Å². The summed E-state index contributed by atoms with van der Waals surface area (Å²) in [6.07, 6.45) is 2.67. The summed E-state index contributed by atoms with van der Waals surface area (Å²) in [5.41, 5.74) is 2.82. The minimum atomic E-state index is 0.276. The molecule has 3 heteroatoms. The molecule has 0 saturated carbocycles. The molecule has 0 bridgehead atoms. The zero-order chi connectivity index (χ0) is 15.1. The van der Waals surface area contributed by atoms with Crippen molar-refractivity contribution in [3.63, 3.8) is 0 Å². The van der Waals surface area contributed by atoms with Crippen molar-refractivity contribution >= 4 is 0 Å². The van der Waals surface area contributed by atoms with E-state index >= 15 is 0 Å². The standard InChI is InChI=1S/C18H27NO2/c1-6-11-9-13(19-4)12-7-8-14(20-5)18-16(12)15(11)17(21-18)10(2)3/h7-8,10-11,13,15,17,19H,6,9H2,1-5H3. The first-order chi connectivity index (χ1) is 10.1. The van der Waals surface area contributed by atoms with Gasteiger partial charge < -0.3 is 14.8 Å². The molecule has 4 unspecified atom stereocenters. The maximum absolute atomic E-state index is 6.39. The summed E-state index contributed by atoms with van der Waals surface area (Å²) in [5.74, 6) is 3.58. The first kappa shape index (κ1) is 14.7. The fourth-order valence-electron chi connectivity index (χ4n) is 4.22. The van der Waals surface area contributed by atoms with E-state index in [1.807, 2.05) is 0 Å². The third-order valence-corrected chi connectivity index (χ3v) is 5.31. The third-order valence-electron chi connectivity index (χ3n) is 5.31. The van der Waals surface area contributed by atoms with Gasteiger partial charge in [0.2, 0.25) is 0 Å². The Morgan fingerprint density at radius 1 is 1.38 bits per heavy atom. The Balaban J connectivity index is 2.16. The van der Waals surface area contributed by atoms with E-state index in [1.165, 1.54) is 24.0 Å². The molecule has 0 spiro atoms. The molecule has 116 valence electrons. The highest BCUT2D eigenvalue weighted by Crippen LogP contribution is 2.56. The first-order valence-electron chi connectivity index (χ1n) is 8.17. The van der Waals surface area contributed by atoms with Crippen LogP contribution in [0, 0.1) is 11.8 Å². The molecule has 21 heavy (non-hydrogen) atoms. The number of nitrogens with one attached hydrogen (secondary N) is 1. The maximum atomic E-state index is 6.39. The second-order valence-electron chi connectivity index (χ2n) is 6.70. The lowest BCUT2D eigenvalue weighted by Gasteiger charge is -2.37. The van der Waals surface area contributed by atoms with Crippen LogP contribution in [0.15, 0.2) is 12.1 Å². The van der Waals surface area contributed by atoms with Crippen molar-refractivity contribution in [3.8, 4) is 11.5 Å². The second kappa shape index (κ2) is 5.53. The number of methoxy groups -OCH3 is 1. The molecular formula is C18H27NO2. The normalized spacial score (nSPS) is 30.2. The van der Waals surface area contributed by atoms with Crippen molar-refractivity contribution in [3.05, 3.63) is 23.3 Å². The Kier molecular flexibility index (Phi) is 3.87. The molecule has 4 atom stereocenters. The smallest absolute Gasteiger partial charge is 0.165 e. The molecule has 0 radical (unpaired) electrons. The van der Waals surface area contributed by atoms with E-state index in [4.69, 9.17) is 9.47 Å². The third kappa shape index (κ3) is 2.13. The Morgan fingerprint density at radius 3 is 2.71 bits per heavy atom. The van der Waals surface area contributed by atoms with Crippen LogP contribution in [0.4, 0.5) is 0 Å². The van der Waals surface area contributed by atoms with E-state index in [0.29, 0.717) is 23.8 Å².